The molecule has 6 heteroatoms. The first-order chi connectivity index (χ1) is 17.2. The molecule has 2 aromatic carbocycles. The molecule has 0 radical (unpaired) electrons. The lowest BCUT2D eigenvalue weighted by Crippen LogP contribution is -2.41. The van der Waals surface area contributed by atoms with Crippen molar-refractivity contribution < 1.29 is 28.6 Å². The van der Waals surface area contributed by atoms with Gasteiger partial charge in [0.15, 0.2) is 5.92 Å². The van der Waals surface area contributed by atoms with Gasteiger partial charge in [-0.25, -0.2) is 0 Å². The standard InChI is InChI=1S/C30H40O6/c1-5-6-7-8-15-20-25(27(31)34-21-23-16-11-9-12-17-23)26(29(33)36-30(2,3)4)28(32)35-22-24-18-13-10-14-19-24/h9-14,16-19,25-26H,5-8,15,20-22H2,1-4H3. The highest BCUT2D eigenvalue weighted by molar-refractivity contribution is 5.99. The first-order valence-corrected chi connectivity index (χ1v) is 12.8. The van der Waals surface area contributed by atoms with Crippen LogP contribution in [0.4, 0.5) is 0 Å². The number of esters is 3. The molecule has 2 atom stereocenters. The topological polar surface area (TPSA) is 78.9 Å². The summed E-state index contributed by atoms with van der Waals surface area (Å²) < 4.78 is 16.7. The van der Waals surface area contributed by atoms with E-state index in [4.69, 9.17) is 14.2 Å². The Balaban J connectivity index is 2.23. The second-order valence-electron chi connectivity index (χ2n) is 10.0. The van der Waals surface area contributed by atoms with Crippen LogP contribution >= 0.6 is 0 Å². The van der Waals surface area contributed by atoms with E-state index in [1.807, 2.05) is 60.7 Å². The molecule has 0 aromatic heterocycles. The highest BCUT2D eigenvalue weighted by Crippen LogP contribution is 2.27. The molecule has 0 bridgehead atoms. The minimum atomic E-state index is -1.40. The lowest BCUT2D eigenvalue weighted by Gasteiger charge is -2.27. The SMILES string of the molecule is CCCCCCCC(C(=O)OCc1ccccc1)C(C(=O)OCc1ccccc1)C(=O)OC(C)(C)C. The van der Waals surface area contributed by atoms with Gasteiger partial charge in [-0.05, 0) is 38.3 Å². The fourth-order valence-corrected chi connectivity index (χ4v) is 3.83. The van der Waals surface area contributed by atoms with Crippen LogP contribution in [0.5, 0.6) is 0 Å². The van der Waals surface area contributed by atoms with Gasteiger partial charge in [0.1, 0.15) is 18.8 Å². The summed E-state index contributed by atoms with van der Waals surface area (Å²) in [5, 5.41) is 0. The Morgan fingerprint density at radius 2 is 1.19 bits per heavy atom. The molecule has 0 amide bonds. The maximum absolute atomic E-state index is 13.3. The van der Waals surface area contributed by atoms with Crippen molar-refractivity contribution in [2.75, 3.05) is 0 Å². The van der Waals surface area contributed by atoms with Gasteiger partial charge in [-0.1, -0.05) is 99.7 Å². The zero-order valence-corrected chi connectivity index (χ0v) is 22.0. The van der Waals surface area contributed by atoms with Crippen LogP contribution in [0.3, 0.4) is 0 Å². The number of rotatable bonds is 14. The van der Waals surface area contributed by atoms with E-state index in [9.17, 15) is 14.4 Å². The molecule has 0 heterocycles. The van der Waals surface area contributed by atoms with E-state index in [2.05, 4.69) is 6.92 Å². The highest BCUT2D eigenvalue weighted by atomic mass is 16.6. The Kier molecular flexibility index (Phi) is 12.2. The third kappa shape index (κ3) is 10.6. The fourth-order valence-electron chi connectivity index (χ4n) is 3.83. The molecule has 0 spiro atoms. The second-order valence-corrected chi connectivity index (χ2v) is 10.0. The second kappa shape index (κ2) is 15.1. The summed E-state index contributed by atoms with van der Waals surface area (Å²) in [6, 6.07) is 18.5. The first-order valence-electron chi connectivity index (χ1n) is 12.8. The van der Waals surface area contributed by atoms with Crippen LogP contribution in [0.2, 0.25) is 0 Å². The predicted molar refractivity (Wildman–Crippen MR) is 139 cm³/mol. The highest BCUT2D eigenvalue weighted by Gasteiger charge is 2.43. The van der Waals surface area contributed by atoms with Gasteiger partial charge in [0.2, 0.25) is 0 Å². The van der Waals surface area contributed by atoms with Gasteiger partial charge in [-0.3, -0.25) is 14.4 Å². The van der Waals surface area contributed by atoms with Gasteiger partial charge in [0.25, 0.3) is 0 Å². The van der Waals surface area contributed by atoms with Crippen molar-refractivity contribution in [1.29, 1.82) is 0 Å². The Labute approximate surface area is 215 Å². The third-order valence-electron chi connectivity index (χ3n) is 5.69. The number of ether oxygens (including phenoxy) is 3. The minimum absolute atomic E-state index is 0.00124. The molecule has 0 N–H and O–H groups in total. The van der Waals surface area contributed by atoms with Crippen molar-refractivity contribution in [3.8, 4) is 0 Å². The third-order valence-corrected chi connectivity index (χ3v) is 5.69. The number of hydrogen-bond acceptors (Lipinski definition) is 6. The van der Waals surface area contributed by atoms with Crippen molar-refractivity contribution in [2.24, 2.45) is 11.8 Å². The quantitative estimate of drug-likeness (QED) is 0.130. The summed E-state index contributed by atoms with van der Waals surface area (Å²) in [4.78, 5) is 39.8. The summed E-state index contributed by atoms with van der Waals surface area (Å²) in [5.74, 6) is -4.53. The van der Waals surface area contributed by atoms with Crippen molar-refractivity contribution in [3.63, 3.8) is 0 Å². The Morgan fingerprint density at radius 1 is 0.694 bits per heavy atom. The maximum Gasteiger partial charge on any atom is 0.321 e. The van der Waals surface area contributed by atoms with Crippen molar-refractivity contribution in [3.05, 3.63) is 71.8 Å². The normalized spacial score (nSPS) is 12.9. The van der Waals surface area contributed by atoms with E-state index in [0.29, 0.717) is 12.8 Å². The number of hydrogen-bond donors (Lipinski definition) is 0. The van der Waals surface area contributed by atoms with E-state index in [1.54, 1.807) is 20.8 Å². The molecule has 0 saturated heterocycles. The molecular formula is C30H40O6. The average molecular weight is 497 g/mol. The van der Waals surface area contributed by atoms with Gasteiger partial charge >= 0.3 is 17.9 Å². The summed E-state index contributed by atoms with van der Waals surface area (Å²) >= 11 is 0. The Bertz CT molecular complexity index is 933. The van der Waals surface area contributed by atoms with Gasteiger partial charge in [0.05, 0.1) is 5.92 Å². The predicted octanol–water partition coefficient (Wildman–Crippen LogP) is 6.41. The molecule has 36 heavy (non-hydrogen) atoms. The largest absolute Gasteiger partial charge is 0.461 e. The first kappa shape index (κ1) is 29.1. The van der Waals surface area contributed by atoms with Gasteiger partial charge < -0.3 is 14.2 Å². The van der Waals surface area contributed by atoms with Crippen LogP contribution in [0.25, 0.3) is 0 Å². The monoisotopic (exact) mass is 496 g/mol. The van der Waals surface area contributed by atoms with E-state index in [0.717, 1.165) is 36.8 Å². The maximum atomic E-state index is 13.3. The number of benzene rings is 2. The van der Waals surface area contributed by atoms with Gasteiger partial charge in [-0.15, -0.1) is 0 Å². The van der Waals surface area contributed by atoms with E-state index < -0.39 is 35.3 Å². The van der Waals surface area contributed by atoms with Crippen LogP contribution in [0.1, 0.15) is 77.3 Å². The Hall–Kier alpha value is -3.15. The molecule has 0 saturated carbocycles. The molecule has 6 nitrogen and oxygen atoms in total. The van der Waals surface area contributed by atoms with Gasteiger partial charge in [0, 0.05) is 0 Å². The molecule has 196 valence electrons. The zero-order valence-electron chi connectivity index (χ0n) is 22.0. The fraction of sp³-hybridized carbons (Fsp3) is 0.500. The molecular weight excluding hydrogens is 456 g/mol. The van der Waals surface area contributed by atoms with Crippen LogP contribution < -0.4 is 0 Å². The van der Waals surface area contributed by atoms with Crippen molar-refractivity contribution in [2.45, 2.75) is 85.0 Å². The van der Waals surface area contributed by atoms with Crippen LogP contribution in [0, 0.1) is 11.8 Å². The smallest absolute Gasteiger partial charge is 0.321 e. The number of carbonyl (C=O) groups excluding carboxylic acids is 3. The summed E-state index contributed by atoms with van der Waals surface area (Å²) in [7, 11) is 0. The summed E-state index contributed by atoms with van der Waals surface area (Å²) in [5.41, 5.74) is 0.791. The van der Waals surface area contributed by atoms with Gasteiger partial charge in [-0.2, -0.15) is 0 Å². The molecule has 2 aromatic rings. The molecule has 0 aliphatic rings. The van der Waals surface area contributed by atoms with Crippen LogP contribution in [-0.4, -0.2) is 23.5 Å². The summed E-state index contributed by atoms with van der Waals surface area (Å²) in [6.45, 7) is 7.37. The van der Waals surface area contributed by atoms with Crippen molar-refractivity contribution >= 4 is 17.9 Å². The molecule has 2 rings (SSSR count). The van der Waals surface area contributed by atoms with E-state index in [1.165, 1.54) is 0 Å². The Morgan fingerprint density at radius 3 is 1.69 bits per heavy atom. The van der Waals surface area contributed by atoms with Crippen molar-refractivity contribution in [1.82, 2.24) is 0 Å². The van der Waals surface area contributed by atoms with Crippen LogP contribution in [-0.2, 0) is 41.8 Å². The average Bonchev–Trinajstić information content (AvgIpc) is 2.85. The lowest BCUT2D eigenvalue weighted by atomic mass is 9.87. The molecule has 0 fully saturated rings. The van der Waals surface area contributed by atoms with E-state index in [-0.39, 0.29) is 13.2 Å². The molecule has 2 unspecified atom stereocenters. The molecule has 0 aliphatic carbocycles. The number of unbranched alkanes of at least 4 members (excludes halogenated alkanes) is 4. The molecule has 0 aliphatic heterocycles. The number of carbonyl (C=O) groups is 3. The van der Waals surface area contributed by atoms with Crippen LogP contribution in [0.15, 0.2) is 60.7 Å². The minimum Gasteiger partial charge on any atom is -0.461 e. The zero-order chi connectivity index (χ0) is 26.4. The van der Waals surface area contributed by atoms with E-state index >= 15 is 0 Å². The lowest BCUT2D eigenvalue weighted by molar-refractivity contribution is -0.178. The summed E-state index contributed by atoms with van der Waals surface area (Å²) in [6.07, 6.45) is 5.14.